The molecular formula is C20H24BrClN2O2. The molecule has 3 rings (SSSR count). The van der Waals surface area contributed by atoms with Gasteiger partial charge in [0.2, 0.25) is 0 Å². The van der Waals surface area contributed by atoms with Crippen LogP contribution in [-0.2, 0) is 0 Å². The highest BCUT2D eigenvalue weighted by molar-refractivity contribution is 9.10. The average molecular weight is 440 g/mol. The molecule has 0 spiro atoms. The molecule has 0 aromatic heterocycles. The molecule has 26 heavy (non-hydrogen) atoms. The maximum atomic E-state index is 6.31. The number of hydrogen-bond acceptors (Lipinski definition) is 4. The molecule has 140 valence electrons. The Balaban J connectivity index is 2.11. The van der Waals surface area contributed by atoms with Gasteiger partial charge >= 0.3 is 0 Å². The van der Waals surface area contributed by atoms with Crippen LogP contribution in [0.3, 0.4) is 0 Å². The van der Waals surface area contributed by atoms with Gasteiger partial charge in [0.1, 0.15) is 0 Å². The van der Waals surface area contributed by atoms with Crippen LogP contribution in [0, 0.1) is 0 Å². The molecule has 1 atom stereocenters. The van der Waals surface area contributed by atoms with Crippen LogP contribution in [0.2, 0.25) is 5.02 Å². The summed E-state index contributed by atoms with van der Waals surface area (Å²) in [5.74, 6) is 1.44. The Morgan fingerprint density at radius 3 is 2.58 bits per heavy atom. The van der Waals surface area contributed by atoms with Crippen LogP contribution in [0.25, 0.3) is 0 Å². The molecule has 2 aromatic rings. The molecule has 1 unspecified atom stereocenters. The summed E-state index contributed by atoms with van der Waals surface area (Å²) in [4.78, 5) is 2.50. The monoisotopic (exact) mass is 438 g/mol. The number of methoxy groups -OCH3 is 2. The molecule has 0 saturated carbocycles. The second kappa shape index (κ2) is 9.09. The fraction of sp³-hybridized carbons (Fsp3) is 0.400. The smallest absolute Gasteiger partial charge is 0.161 e. The lowest BCUT2D eigenvalue weighted by atomic mass is 9.96. The number of halogens is 2. The largest absolute Gasteiger partial charge is 0.493 e. The number of hydrogen-bond donors (Lipinski definition) is 1. The van der Waals surface area contributed by atoms with Crippen molar-refractivity contribution in [2.24, 2.45) is 0 Å². The summed E-state index contributed by atoms with van der Waals surface area (Å²) in [6.45, 7) is 4.01. The van der Waals surface area contributed by atoms with Gasteiger partial charge in [0.25, 0.3) is 0 Å². The van der Waals surface area contributed by atoms with Crippen LogP contribution in [0.5, 0.6) is 11.5 Å². The van der Waals surface area contributed by atoms with Crippen LogP contribution in [-0.4, -0.2) is 45.3 Å². The van der Waals surface area contributed by atoms with Crippen molar-refractivity contribution in [2.45, 2.75) is 12.5 Å². The van der Waals surface area contributed by atoms with Gasteiger partial charge in [0, 0.05) is 29.1 Å². The van der Waals surface area contributed by atoms with E-state index >= 15 is 0 Å². The van der Waals surface area contributed by atoms with Gasteiger partial charge in [-0.3, -0.25) is 4.90 Å². The van der Waals surface area contributed by atoms with E-state index in [1.54, 1.807) is 14.2 Å². The lowest BCUT2D eigenvalue weighted by Gasteiger charge is -2.32. The molecule has 0 bridgehead atoms. The third-order valence-corrected chi connectivity index (χ3v) is 5.62. The molecule has 1 aliphatic heterocycles. The Kier molecular flexibility index (Phi) is 6.81. The molecule has 1 aliphatic rings. The number of rotatable bonds is 5. The first-order chi connectivity index (χ1) is 12.6. The van der Waals surface area contributed by atoms with Crippen LogP contribution >= 0.6 is 27.5 Å². The maximum Gasteiger partial charge on any atom is 0.161 e. The van der Waals surface area contributed by atoms with Crippen molar-refractivity contribution in [3.8, 4) is 11.5 Å². The number of benzene rings is 2. The van der Waals surface area contributed by atoms with Crippen molar-refractivity contribution < 1.29 is 9.47 Å². The molecule has 1 fully saturated rings. The van der Waals surface area contributed by atoms with E-state index in [1.165, 1.54) is 5.56 Å². The zero-order valence-electron chi connectivity index (χ0n) is 15.1. The standard InChI is InChI=1S/C20H24BrClN2O2/c1-25-18-12-16(17(21)13-19(18)26-2)20(14-5-3-6-15(22)11-14)24-9-4-7-23-8-10-24/h3,5-6,11-13,20,23H,4,7-10H2,1-2H3. The van der Waals surface area contributed by atoms with E-state index in [0.717, 1.165) is 53.4 Å². The predicted octanol–water partition coefficient (Wildman–Crippen LogP) is 4.50. The molecule has 2 aromatic carbocycles. The Morgan fingerprint density at radius 2 is 1.85 bits per heavy atom. The van der Waals surface area contributed by atoms with E-state index in [9.17, 15) is 0 Å². The summed E-state index contributed by atoms with van der Waals surface area (Å²) in [6, 6.07) is 12.2. The quantitative estimate of drug-likeness (QED) is 0.743. The summed E-state index contributed by atoms with van der Waals surface area (Å²) in [6.07, 6.45) is 1.11. The Morgan fingerprint density at radius 1 is 1.08 bits per heavy atom. The SMILES string of the molecule is COc1cc(Br)c(C(c2cccc(Cl)c2)N2CCCNCC2)cc1OC. The number of nitrogens with one attached hydrogen (secondary N) is 1. The first-order valence-electron chi connectivity index (χ1n) is 8.75. The Labute approximate surface area is 168 Å². The van der Waals surface area contributed by atoms with E-state index in [1.807, 2.05) is 24.3 Å². The fourth-order valence-electron chi connectivity index (χ4n) is 3.47. The minimum Gasteiger partial charge on any atom is -0.493 e. The highest BCUT2D eigenvalue weighted by Gasteiger charge is 2.26. The summed E-state index contributed by atoms with van der Waals surface area (Å²) in [5, 5.41) is 4.22. The van der Waals surface area contributed by atoms with Gasteiger partial charge in [-0.2, -0.15) is 0 Å². The van der Waals surface area contributed by atoms with Crippen molar-refractivity contribution >= 4 is 27.5 Å². The first-order valence-corrected chi connectivity index (χ1v) is 9.92. The van der Waals surface area contributed by atoms with Gasteiger partial charge in [0.05, 0.1) is 20.3 Å². The summed E-state index contributed by atoms with van der Waals surface area (Å²) < 4.78 is 12.0. The van der Waals surface area contributed by atoms with Gasteiger partial charge in [0.15, 0.2) is 11.5 Å². The topological polar surface area (TPSA) is 33.7 Å². The molecule has 1 heterocycles. The molecule has 0 aliphatic carbocycles. The lowest BCUT2D eigenvalue weighted by molar-refractivity contribution is 0.239. The van der Waals surface area contributed by atoms with Gasteiger partial charge in [-0.15, -0.1) is 0 Å². The second-order valence-corrected chi connectivity index (χ2v) is 7.62. The summed E-state index contributed by atoms with van der Waals surface area (Å²) >= 11 is 10.0. The van der Waals surface area contributed by atoms with Crippen LogP contribution in [0.4, 0.5) is 0 Å². The summed E-state index contributed by atoms with van der Waals surface area (Å²) in [5.41, 5.74) is 2.32. The third kappa shape index (κ3) is 4.34. The Hall–Kier alpha value is -1.27. The number of ether oxygens (including phenoxy) is 2. The normalized spacial score (nSPS) is 16.8. The first kappa shape index (κ1) is 19.5. The predicted molar refractivity (Wildman–Crippen MR) is 110 cm³/mol. The summed E-state index contributed by atoms with van der Waals surface area (Å²) in [7, 11) is 3.32. The molecule has 1 saturated heterocycles. The van der Waals surface area contributed by atoms with Crippen LogP contribution in [0.15, 0.2) is 40.9 Å². The molecule has 0 amide bonds. The molecule has 1 N–H and O–H groups in total. The highest BCUT2D eigenvalue weighted by Crippen LogP contribution is 2.40. The minimum absolute atomic E-state index is 0.0859. The van der Waals surface area contributed by atoms with Gasteiger partial charge in [-0.25, -0.2) is 0 Å². The van der Waals surface area contributed by atoms with Gasteiger partial charge in [-0.1, -0.05) is 39.7 Å². The van der Waals surface area contributed by atoms with Crippen molar-refractivity contribution in [1.29, 1.82) is 0 Å². The van der Waals surface area contributed by atoms with E-state index in [4.69, 9.17) is 21.1 Å². The molecular weight excluding hydrogens is 416 g/mol. The lowest BCUT2D eigenvalue weighted by Crippen LogP contribution is -2.33. The van der Waals surface area contributed by atoms with E-state index < -0.39 is 0 Å². The van der Waals surface area contributed by atoms with E-state index in [-0.39, 0.29) is 6.04 Å². The zero-order valence-corrected chi connectivity index (χ0v) is 17.4. The van der Waals surface area contributed by atoms with Crippen LogP contribution < -0.4 is 14.8 Å². The fourth-order valence-corrected chi connectivity index (χ4v) is 4.21. The minimum atomic E-state index is 0.0859. The maximum absolute atomic E-state index is 6.31. The van der Waals surface area contributed by atoms with Crippen molar-refractivity contribution in [3.63, 3.8) is 0 Å². The van der Waals surface area contributed by atoms with Gasteiger partial charge in [-0.05, 0) is 48.4 Å². The highest BCUT2D eigenvalue weighted by atomic mass is 79.9. The van der Waals surface area contributed by atoms with E-state index in [2.05, 4.69) is 38.3 Å². The zero-order chi connectivity index (χ0) is 18.5. The van der Waals surface area contributed by atoms with Crippen molar-refractivity contribution in [1.82, 2.24) is 10.2 Å². The molecule has 4 nitrogen and oxygen atoms in total. The van der Waals surface area contributed by atoms with Crippen LogP contribution in [0.1, 0.15) is 23.6 Å². The molecule has 0 radical (unpaired) electrons. The van der Waals surface area contributed by atoms with Crippen molar-refractivity contribution in [2.75, 3.05) is 40.4 Å². The van der Waals surface area contributed by atoms with E-state index in [0.29, 0.717) is 5.75 Å². The Bertz CT molecular complexity index is 749. The molecule has 6 heteroatoms. The van der Waals surface area contributed by atoms with Crippen molar-refractivity contribution in [3.05, 3.63) is 57.0 Å². The average Bonchev–Trinajstić information content (AvgIpc) is 2.92. The van der Waals surface area contributed by atoms with Gasteiger partial charge < -0.3 is 14.8 Å². The number of nitrogens with zero attached hydrogens (tertiary/aromatic N) is 1. The third-order valence-electron chi connectivity index (χ3n) is 4.70. The second-order valence-electron chi connectivity index (χ2n) is 6.33.